The van der Waals surface area contributed by atoms with Crippen LogP contribution in [0.25, 0.3) is 0 Å². The molecule has 1 aliphatic rings. The summed E-state index contributed by atoms with van der Waals surface area (Å²) in [4.78, 5) is 22.5. The number of esters is 1. The Bertz CT molecular complexity index is 533. The maximum atomic E-state index is 11.4. The molecule has 1 unspecified atom stereocenters. The van der Waals surface area contributed by atoms with E-state index in [4.69, 9.17) is 9.84 Å². The molecule has 1 aromatic rings. The lowest BCUT2D eigenvalue weighted by Crippen LogP contribution is -2.30. The number of methoxy groups -OCH3 is 1. The molecule has 2 rings (SSSR count). The van der Waals surface area contributed by atoms with Gasteiger partial charge in [-0.05, 0) is 38.7 Å². The number of carboxylic acid groups (broad SMARTS) is 1. The first-order chi connectivity index (χ1) is 9.33. The molecule has 1 aromatic heterocycles. The monoisotopic (exact) mass is 280 g/mol. The van der Waals surface area contributed by atoms with Gasteiger partial charge in [-0.2, -0.15) is 5.10 Å². The van der Waals surface area contributed by atoms with E-state index in [1.807, 2.05) is 20.0 Å². The first kappa shape index (κ1) is 14.6. The van der Waals surface area contributed by atoms with Crippen LogP contribution in [0.15, 0.2) is 6.20 Å². The third-order valence-electron chi connectivity index (χ3n) is 3.85. The van der Waals surface area contributed by atoms with Crippen molar-refractivity contribution < 1.29 is 19.4 Å². The van der Waals surface area contributed by atoms with Crippen LogP contribution in [0.1, 0.15) is 37.9 Å². The van der Waals surface area contributed by atoms with Crippen molar-refractivity contribution in [3.05, 3.63) is 17.5 Å². The number of hydrogen-bond acceptors (Lipinski definition) is 4. The fraction of sp³-hybridized carbons (Fsp3) is 0.643. The van der Waals surface area contributed by atoms with E-state index in [9.17, 15) is 9.59 Å². The molecule has 1 heterocycles. The van der Waals surface area contributed by atoms with Crippen molar-refractivity contribution in [2.45, 2.75) is 45.1 Å². The lowest BCUT2D eigenvalue weighted by Gasteiger charge is -2.23. The van der Waals surface area contributed by atoms with Gasteiger partial charge in [0, 0.05) is 6.20 Å². The number of aryl methyl sites for hydroxylation is 1. The van der Waals surface area contributed by atoms with E-state index in [0.717, 1.165) is 11.3 Å². The molecule has 110 valence electrons. The molecule has 0 amide bonds. The summed E-state index contributed by atoms with van der Waals surface area (Å²) in [5.41, 5.74) is 1.44. The summed E-state index contributed by atoms with van der Waals surface area (Å²) in [5.74, 6) is -1.37. The highest BCUT2D eigenvalue weighted by Gasteiger charge is 2.31. The van der Waals surface area contributed by atoms with Crippen LogP contribution >= 0.6 is 0 Å². The van der Waals surface area contributed by atoms with Crippen molar-refractivity contribution >= 4 is 11.9 Å². The second kappa shape index (κ2) is 5.26. The molecule has 1 N–H and O–H groups in total. The second-order valence-electron chi connectivity index (χ2n) is 5.89. The van der Waals surface area contributed by atoms with Crippen molar-refractivity contribution in [3.63, 3.8) is 0 Å². The van der Waals surface area contributed by atoms with Crippen LogP contribution in [0.4, 0.5) is 0 Å². The van der Waals surface area contributed by atoms with E-state index >= 15 is 0 Å². The Morgan fingerprint density at radius 3 is 2.85 bits per heavy atom. The largest absolute Gasteiger partial charge is 0.481 e. The predicted octanol–water partition coefficient (Wildman–Crippen LogP) is 1.37. The maximum absolute atomic E-state index is 11.4. The van der Waals surface area contributed by atoms with E-state index < -0.39 is 11.5 Å². The molecule has 0 saturated heterocycles. The van der Waals surface area contributed by atoms with Gasteiger partial charge in [-0.3, -0.25) is 14.3 Å². The minimum absolute atomic E-state index is 0.229. The van der Waals surface area contributed by atoms with Crippen LogP contribution in [0.2, 0.25) is 0 Å². The molecule has 0 fully saturated rings. The van der Waals surface area contributed by atoms with Gasteiger partial charge in [-0.15, -0.1) is 0 Å². The minimum atomic E-state index is -0.753. The van der Waals surface area contributed by atoms with E-state index in [2.05, 4.69) is 5.10 Å². The lowest BCUT2D eigenvalue weighted by molar-refractivity contribution is -0.143. The second-order valence-corrected chi connectivity index (χ2v) is 5.89. The van der Waals surface area contributed by atoms with Crippen LogP contribution in [0.3, 0.4) is 0 Å². The van der Waals surface area contributed by atoms with Crippen LogP contribution in [-0.4, -0.2) is 33.9 Å². The van der Waals surface area contributed by atoms with E-state index in [0.29, 0.717) is 19.3 Å². The van der Waals surface area contributed by atoms with Crippen LogP contribution in [0.5, 0.6) is 0 Å². The van der Waals surface area contributed by atoms with Gasteiger partial charge in [0.2, 0.25) is 0 Å². The molecule has 0 radical (unpaired) electrons. The average Bonchev–Trinajstić information content (AvgIpc) is 2.81. The summed E-state index contributed by atoms with van der Waals surface area (Å²) in [6.07, 6.45) is 3.91. The Morgan fingerprint density at radius 1 is 1.55 bits per heavy atom. The molecule has 1 atom stereocenters. The maximum Gasteiger partial charge on any atom is 0.307 e. The molecule has 6 nitrogen and oxygen atoms in total. The molecule has 0 saturated carbocycles. The van der Waals surface area contributed by atoms with Gasteiger partial charge in [0.15, 0.2) is 0 Å². The van der Waals surface area contributed by atoms with Crippen molar-refractivity contribution in [3.8, 4) is 0 Å². The Labute approximate surface area is 117 Å². The highest BCUT2D eigenvalue weighted by Crippen LogP contribution is 2.28. The zero-order valence-electron chi connectivity index (χ0n) is 12.0. The Hall–Kier alpha value is -1.85. The van der Waals surface area contributed by atoms with Gasteiger partial charge in [0.25, 0.3) is 0 Å². The van der Waals surface area contributed by atoms with E-state index in [1.165, 1.54) is 7.11 Å². The molecule has 20 heavy (non-hydrogen) atoms. The number of fused-ring (bicyclic) bond motifs is 1. The minimum Gasteiger partial charge on any atom is -0.481 e. The predicted molar refractivity (Wildman–Crippen MR) is 71.3 cm³/mol. The Morgan fingerprint density at radius 2 is 2.25 bits per heavy atom. The summed E-state index contributed by atoms with van der Waals surface area (Å²) in [6, 6.07) is 0. The highest BCUT2D eigenvalue weighted by molar-refractivity contribution is 5.71. The Balaban J connectivity index is 2.20. The quantitative estimate of drug-likeness (QED) is 0.842. The first-order valence-electron chi connectivity index (χ1n) is 6.71. The number of aliphatic carboxylic acids is 1. The van der Waals surface area contributed by atoms with E-state index in [1.54, 1.807) is 4.68 Å². The Kier molecular flexibility index (Phi) is 3.83. The number of nitrogens with zero attached hydrogens (tertiary/aromatic N) is 2. The molecule has 0 aliphatic heterocycles. The number of aromatic nitrogens is 2. The number of ether oxygens (including phenoxy) is 1. The third-order valence-corrected chi connectivity index (χ3v) is 3.85. The van der Waals surface area contributed by atoms with Gasteiger partial charge in [-0.25, -0.2) is 0 Å². The summed E-state index contributed by atoms with van der Waals surface area (Å²) in [5, 5.41) is 13.6. The molecule has 6 heteroatoms. The molecule has 1 aliphatic carbocycles. The van der Waals surface area contributed by atoms with Crippen molar-refractivity contribution in [2.75, 3.05) is 7.11 Å². The standard InChI is InChI=1S/C14H20N2O4/c1-14(2,7-12(17)20-3)16-8-10-6-9(13(18)19)4-5-11(10)15-16/h8-9H,4-7H2,1-3H3,(H,18,19). The number of carbonyl (C=O) groups excluding carboxylic acids is 1. The normalized spacial score (nSPS) is 18.4. The molecule has 0 aromatic carbocycles. The first-order valence-corrected chi connectivity index (χ1v) is 6.71. The summed E-state index contributed by atoms with van der Waals surface area (Å²) in [7, 11) is 1.37. The summed E-state index contributed by atoms with van der Waals surface area (Å²) >= 11 is 0. The van der Waals surface area contributed by atoms with Gasteiger partial charge >= 0.3 is 11.9 Å². The zero-order chi connectivity index (χ0) is 14.9. The smallest absolute Gasteiger partial charge is 0.307 e. The van der Waals surface area contributed by atoms with Gasteiger partial charge < -0.3 is 9.84 Å². The molecule has 0 spiro atoms. The third kappa shape index (κ3) is 2.84. The number of hydrogen-bond donors (Lipinski definition) is 1. The number of carbonyl (C=O) groups is 2. The molecular formula is C14H20N2O4. The lowest BCUT2D eigenvalue weighted by atomic mass is 9.88. The molecular weight excluding hydrogens is 260 g/mol. The van der Waals surface area contributed by atoms with Crippen LogP contribution in [0, 0.1) is 5.92 Å². The van der Waals surface area contributed by atoms with Gasteiger partial charge in [0.1, 0.15) is 0 Å². The zero-order valence-corrected chi connectivity index (χ0v) is 12.0. The topological polar surface area (TPSA) is 81.4 Å². The summed E-state index contributed by atoms with van der Waals surface area (Å²) in [6.45, 7) is 3.83. The average molecular weight is 280 g/mol. The van der Waals surface area contributed by atoms with Crippen molar-refractivity contribution in [1.82, 2.24) is 9.78 Å². The van der Waals surface area contributed by atoms with Gasteiger partial charge in [-0.1, -0.05) is 0 Å². The SMILES string of the molecule is COC(=O)CC(C)(C)n1cc2c(n1)CCC(C(=O)O)C2. The van der Waals surface area contributed by atoms with Crippen molar-refractivity contribution in [2.24, 2.45) is 5.92 Å². The fourth-order valence-electron chi connectivity index (χ4n) is 2.53. The highest BCUT2D eigenvalue weighted by atomic mass is 16.5. The van der Waals surface area contributed by atoms with Crippen molar-refractivity contribution in [1.29, 1.82) is 0 Å². The van der Waals surface area contributed by atoms with Crippen LogP contribution < -0.4 is 0 Å². The van der Waals surface area contributed by atoms with Gasteiger partial charge in [0.05, 0.1) is 30.7 Å². The fourth-order valence-corrected chi connectivity index (χ4v) is 2.53. The summed E-state index contributed by atoms with van der Waals surface area (Å²) < 4.78 is 6.46. The number of carboxylic acids is 1. The molecule has 0 bridgehead atoms. The van der Waals surface area contributed by atoms with E-state index in [-0.39, 0.29) is 18.3 Å². The number of rotatable bonds is 4. The van der Waals surface area contributed by atoms with Crippen LogP contribution in [-0.2, 0) is 32.7 Å².